The fraction of sp³-hybridized carbons (Fsp3) is 0.333. The van der Waals surface area contributed by atoms with E-state index in [2.05, 4.69) is 10.3 Å². The van der Waals surface area contributed by atoms with Crippen LogP contribution in [-0.2, 0) is 11.2 Å². The molecule has 0 aliphatic carbocycles. The van der Waals surface area contributed by atoms with E-state index in [-0.39, 0.29) is 5.91 Å². The molecule has 4 nitrogen and oxygen atoms in total. The summed E-state index contributed by atoms with van der Waals surface area (Å²) >= 11 is 0. The van der Waals surface area contributed by atoms with Crippen LogP contribution in [0.1, 0.15) is 16.7 Å². The van der Waals surface area contributed by atoms with Gasteiger partial charge in [-0.2, -0.15) is 0 Å². The van der Waals surface area contributed by atoms with E-state index in [0.717, 1.165) is 29.8 Å². The summed E-state index contributed by atoms with van der Waals surface area (Å²) in [6, 6.07) is 10.1. The van der Waals surface area contributed by atoms with E-state index in [0.29, 0.717) is 6.54 Å². The fourth-order valence-corrected chi connectivity index (χ4v) is 2.25. The molecule has 0 aliphatic heterocycles. The molecule has 0 spiro atoms. The number of likely N-dealkylation sites (N-methyl/N-ethyl adjacent to an activating group) is 1. The first kappa shape index (κ1) is 16.2. The topological polar surface area (TPSA) is 45.2 Å². The normalized spacial score (nSPS) is 10.7. The molecule has 1 aromatic heterocycles. The molecule has 0 radical (unpaired) electrons. The van der Waals surface area contributed by atoms with Gasteiger partial charge in [-0.3, -0.25) is 14.7 Å². The smallest absolute Gasteiger partial charge is 0.238 e. The predicted octanol–water partition coefficient (Wildman–Crippen LogP) is 2.81. The highest BCUT2D eigenvalue weighted by atomic mass is 16.2. The summed E-state index contributed by atoms with van der Waals surface area (Å²) in [6.07, 6.45) is 4.50. The van der Waals surface area contributed by atoms with Crippen molar-refractivity contribution in [2.75, 3.05) is 25.5 Å². The van der Waals surface area contributed by atoms with Crippen LogP contribution in [-0.4, -0.2) is 35.9 Å². The van der Waals surface area contributed by atoms with Gasteiger partial charge in [0.05, 0.1) is 6.54 Å². The standard InChI is InChI=1S/C18H23N3O/c1-14-4-5-15(2)17(12-14)20-18(22)13-21(3)11-8-16-6-9-19-10-7-16/h4-7,9-10,12H,8,11,13H2,1-3H3,(H,20,22). The van der Waals surface area contributed by atoms with Crippen LogP contribution >= 0.6 is 0 Å². The van der Waals surface area contributed by atoms with Crippen LogP contribution in [0.3, 0.4) is 0 Å². The van der Waals surface area contributed by atoms with Gasteiger partial charge in [0, 0.05) is 24.6 Å². The van der Waals surface area contributed by atoms with E-state index in [1.807, 2.05) is 56.1 Å². The molecule has 0 aliphatic rings. The molecule has 0 atom stereocenters. The Bertz CT molecular complexity index is 625. The van der Waals surface area contributed by atoms with Crippen LogP contribution in [0.2, 0.25) is 0 Å². The van der Waals surface area contributed by atoms with Gasteiger partial charge in [0.2, 0.25) is 5.91 Å². The minimum atomic E-state index is 0.0194. The zero-order valence-electron chi connectivity index (χ0n) is 13.5. The molecule has 1 amide bonds. The van der Waals surface area contributed by atoms with Gasteiger partial charge < -0.3 is 5.32 Å². The monoisotopic (exact) mass is 297 g/mol. The number of carbonyl (C=O) groups excluding carboxylic acids is 1. The number of aryl methyl sites for hydroxylation is 2. The van der Waals surface area contributed by atoms with Crippen LogP contribution in [0.15, 0.2) is 42.7 Å². The number of nitrogens with one attached hydrogen (secondary N) is 1. The van der Waals surface area contributed by atoms with Gasteiger partial charge in [-0.25, -0.2) is 0 Å². The molecule has 0 saturated carbocycles. The zero-order chi connectivity index (χ0) is 15.9. The molecule has 1 N–H and O–H groups in total. The maximum Gasteiger partial charge on any atom is 0.238 e. The summed E-state index contributed by atoms with van der Waals surface area (Å²) in [5.74, 6) is 0.0194. The minimum Gasteiger partial charge on any atom is -0.325 e. The summed E-state index contributed by atoms with van der Waals surface area (Å²) in [7, 11) is 1.96. The number of rotatable bonds is 6. The third-order valence-corrected chi connectivity index (χ3v) is 3.61. The molecule has 1 aromatic carbocycles. The lowest BCUT2D eigenvalue weighted by Crippen LogP contribution is -2.31. The van der Waals surface area contributed by atoms with Crippen LogP contribution in [0, 0.1) is 13.8 Å². The van der Waals surface area contributed by atoms with Crippen LogP contribution in [0.4, 0.5) is 5.69 Å². The molecule has 0 bridgehead atoms. The number of carbonyl (C=O) groups is 1. The third-order valence-electron chi connectivity index (χ3n) is 3.61. The minimum absolute atomic E-state index is 0.0194. The Hall–Kier alpha value is -2.20. The molecule has 0 unspecified atom stereocenters. The number of amides is 1. The number of benzene rings is 1. The largest absolute Gasteiger partial charge is 0.325 e. The Morgan fingerprint density at radius 2 is 1.91 bits per heavy atom. The Balaban J connectivity index is 1.82. The van der Waals surface area contributed by atoms with Crippen LogP contribution in [0.5, 0.6) is 0 Å². The first-order valence-corrected chi connectivity index (χ1v) is 7.49. The number of anilines is 1. The van der Waals surface area contributed by atoms with Gasteiger partial charge in [0.1, 0.15) is 0 Å². The van der Waals surface area contributed by atoms with Gasteiger partial charge in [0.25, 0.3) is 0 Å². The van der Waals surface area contributed by atoms with Gasteiger partial charge in [-0.1, -0.05) is 12.1 Å². The molecular formula is C18H23N3O. The molecule has 0 fully saturated rings. The van der Waals surface area contributed by atoms with Gasteiger partial charge >= 0.3 is 0 Å². The number of hydrogen-bond donors (Lipinski definition) is 1. The van der Waals surface area contributed by atoms with E-state index in [9.17, 15) is 4.79 Å². The van der Waals surface area contributed by atoms with Crippen molar-refractivity contribution >= 4 is 11.6 Å². The van der Waals surface area contributed by atoms with Gasteiger partial charge in [0.15, 0.2) is 0 Å². The highest BCUT2D eigenvalue weighted by Gasteiger charge is 2.08. The quantitative estimate of drug-likeness (QED) is 0.892. The highest BCUT2D eigenvalue weighted by Crippen LogP contribution is 2.16. The van der Waals surface area contributed by atoms with E-state index >= 15 is 0 Å². The second kappa shape index (κ2) is 7.71. The number of hydrogen-bond acceptors (Lipinski definition) is 3. The van der Waals surface area contributed by atoms with E-state index in [4.69, 9.17) is 0 Å². The lowest BCUT2D eigenvalue weighted by Gasteiger charge is -2.17. The molecule has 22 heavy (non-hydrogen) atoms. The first-order chi connectivity index (χ1) is 10.5. The van der Waals surface area contributed by atoms with Crippen molar-refractivity contribution in [1.29, 1.82) is 0 Å². The average molecular weight is 297 g/mol. The van der Waals surface area contributed by atoms with Crippen molar-refractivity contribution in [1.82, 2.24) is 9.88 Å². The summed E-state index contributed by atoms with van der Waals surface area (Å²) in [5, 5.41) is 2.99. The maximum absolute atomic E-state index is 12.1. The summed E-state index contributed by atoms with van der Waals surface area (Å²) in [6.45, 7) is 5.25. The fourth-order valence-electron chi connectivity index (χ4n) is 2.25. The predicted molar refractivity (Wildman–Crippen MR) is 90.0 cm³/mol. The van der Waals surface area contributed by atoms with Crippen molar-refractivity contribution in [3.8, 4) is 0 Å². The summed E-state index contributed by atoms with van der Waals surface area (Å²) in [4.78, 5) is 18.2. The summed E-state index contributed by atoms with van der Waals surface area (Å²) < 4.78 is 0. The van der Waals surface area contributed by atoms with Gasteiger partial charge in [-0.05, 0) is 62.2 Å². The Morgan fingerprint density at radius 1 is 1.18 bits per heavy atom. The molecule has 4 heteroatoms. The van der Waals surface area contributed by atoms with Gasteiger partial charge in [-0.15, -0.1) is 0 Å². The van der Waals surface area contributed by atoms with Crippen molar-refractivity contribution in [3.05, 3.63) is 59.4 Å². The SMILES string of the molecule is Cc1ccc(C)c(NC(=O)CN(C)CCc2ccncc2)c1. The Morgan fingerprint density at radius 3 is 2.64 bits per heavy atom. The van der Waals surface area contributed by atoms with Crippen molar-refractivity contribution < 1.29 is 4.79 Å². The van der Waals surface area contributed by atoms with Crippen LogP contribution < -0.4 is 5.32 Å². The lowest BCUT2D eigenvalue weighted by atomic mass is 10.1. The maximum atomic E-state index is 12.1. The molecule has 116 valence electrons. The molecule has 2 rings (SSSR count). The third kappa shape index (κ3) is 4.97. The molecule has 0 saturated heterocycles. The average Bonchev–Trinajstić information content (AvgIpc) is 2.50. The van der Waals surface area contributed by atoms with Crippen LogP contribution in [0.25, 0.3) is 0 Å². The van der Waals surface area contributed by atoms with E-state index in [1.54, 1.807) is 12.4 Å². The number of aromatic nitrogens is 1. The Kier molecular flexibility index (Phi) is 5.67. The molecular weight excluding hydrogens is 274 g/mol. The lowest BCUT2D eigenvalue weighted by molar-refractivity contribution is -0.117. The zero-order valence-corrected chi connectivity index (χ0v) is 13.5. The van der Waals surface area contributed by atoms with Crippen molar-refractivity contribution in [3.63, 3.8) is 0 Å². The molecule has 2 aromatic rings. The second-order valence-electron chi connectivity index (χ2n) is 5.71. The summed E-state index contributed by atoms with van der Waals surface area (Å²) in [5.41, 5.74) is 4.36. The van der Waals surface area contributed by atoms with E-state index < -0.39 is 0 Å². The number of pyridine rings is 1. The molecule has 1 heterocycles. The van der Waals surface area contributed by atoms with E-state index in [1.165, 1.54) is 5.56 Å². The highest BCUT2D eigenvalue weighted by molar-refractivity contribution is 5.93. The first-order valence-electron chi connectivity index (χ1n) is 7.49. The Labute approximate surface area is 132 Å². The van der Waals surface area contributed by atoms with Crippen molar-refractivity contribution in [2.24, 2.45) is 0 Å². The number of nitrogens with zero attached hydrogens (tertiary/aromatic N) is 2. The second-order valence-corrected chi connectivity index (χ2v) is 5.71. The van der Waals surface area contributed by atoms with Crippen molar-refractivity contribution in [2.45, 2.75) is 20.3 Å².